The van der Waals surface area contributed by atoms with Gasteiger partial charge in [-0.15, -0.1) is 0 Å². The van der Waals surface area contributed by atoms with Crippen LogP contribution in [-0.2, 0) is 0 Å². The summed E-state index contributed by atoms with van der Waals surface area (Å²) < 4.78 is 20.5. The quantitative estimate of drug-likeness (QED) is 0.751. The minimum atomic E-state index is -0.878. The van der Waals surface area contributed by atoms with Gasteiger partial charge in [0.2, 0.25) is 5.76 Å². The van der Waals surface area contributed by atoms with E-state index in [1.807, 2.05) is 19.9 Å². The summed E-state index contributed by atoms with van der Waals surface area (Å²) in [4.78, 5) is 27.8. The van der Waals surface area contributed by atoms with Crippen molar-refractivity contribution in [1.29, 1.82) is 0 Å². The van der Waals surface area contributed by atoms with Crippen LogP contribution in [0.4, 0.5) is 4.39 Å². The Hall–Kier alpha value is -2.99. The summed E-state index contributed by atoms with van der Waals surface area (Å²) in [7, 11) is 0. The van der Waals surface area contributed by atoms with Crippen LogP contribution in [0.3, 0.4) is 0 Å². The number of fused-ring (bicyclic) bond motifs is 2. The number of amides is 1. The Labute approximate surface area is 161 Å². The Morgan fingerprint density at radius 3 is 2.64 bits per heavy atom. The van der Waals surface area contributed by atoms with Crippen LogP contribution in [-0.4, -0.2) is 29.1 Å². The summed E-state index contributed by atoms with van der Waals surface area (Å²) in [5.74, 6) is -1.01. The fourth-order valence-corrected chi connectivity index (χ4v) is 3.97. The maximum Gasteiger partial charge on any atom is 0.290 e. The average Bonchev–Trinajstić information content (AvgIpc) is 2.94. The van der Waals surface area contributed by atoms with Crippen LogP contribution in [0.2, 0.25) is 0 Å². The molecule has 1 aliphatic rings. The van der Waals surface area contributed by atoms with Gasteiger partial charge in [-0.3, -0.25) is 9.59 Å². The fourth-order valence-electron chi connectivity index (χ4n) is 3.97. The Bertz CT molecular complexity index is 1150. The number of aliphatic hydroxyl groups excluding tert-OH is 1. The maximum absolute atomic E-state index is 14.6. The predicted octanol–water partition coefficient (Wildman–Crippen LogP) is 3.48. The van der Waals surface area contributed by atoms with Crippen LogP contribution >= 0.6 is 0 Å². The van der Waals surface area contributed by atoms with E-state index in [1.54, 1.807) is 24.3 Å². The van der Waals surface area contributed by atoms with Gasteiger partial charge < -0.3 is 14.4 Å². The number of aryl methyl sites for hydroxylation is 2. The third-order valence-corrected chi connectivity index (χ3v) is 5.15. The van der Waals surface area contributed by atoms with Gasteiger partial charge in [-0.1, -0.05) is 24.3 Å². The number of aliphatic hydroxyl groups is 1. The van der Waals surface area contributed by atoms with Gasteiger partial charge in [-0.2, -0.15) is 0 Å². The molecule has 0 bridgehead atoms. The van der Waals surface area contributed by atoms with Crippen molar-refractivity contribution in [3.63, 3.8) is 0 Å². The first-order valence-corrected chi connectivity index (χ1v) is 9.18. The van der Waals surface area contributed by atoms with E-state index in [0.717, 1.165) is 11.1 Å². The molecule has 0 fully saturated rings. The molecule has 4 rings (SSSR count). The van der Waals surface area contributed by atoms with Gasteiger partial charge in [0, 0.05) is 18.7 Å². The smallest absolute Gasteiger partial charge is 0.290 e. The number of carbonyl (C=O) groups is 1. The Kier molecular flexibility index (Phi) is 4.51. The molecule has 28 heavy (non-hydrogen) atoms. The SMILES string of the molecule is Cc1cc(C)c2oc3c(c(=O)c2c1)C(c1ccccc1F)N(CCCO)C3=O. The number of hydrogen-bond acceptors (Lipinski definition) is 4. The molecule has 3 aromatic rings. The molecule has 0 radical (unpaired) electrons. The molecule has 2 heterocycles. The molecule has 0 spiro atoms. The van der Waals surface area contributed by atoms with Crippen molar-refractivity contribution in [2.75, 3.05) is 13.2 Å². The van der Waals surface area contributed by atoms with Crippen LogP contribution in [0.15, 0.2) is 45.6 Å². The number of carbonyl (C=O) groups excluding carboxylic acids is 1. The maximum atomic E-state index is 14.6. The lowest BCUT2D eigenvalue weighted by Gasteiger charge is -2.25. The normalized spacial score (nSPS) is 16.1. The molecule has 0 saturated carbocycles. The Morgan fingerprint density at radius 1 is 1.18 bits per heavy atom. The Morgan fingerprint density at radius 2 is 1.93 bits per heavy atom. The van der Waals surface area contributed by atoms with E-state index in [2.05, 4.69) is 0 Å². The van der Waals surface area contributed by atoms with Gasteiger partial charge in [0.15, 0.2) is 5.43 Å². The molecule has 1 aliphatic heterocycles. The van der Waals surface area contributed by atoms with Crippen molar-refractivity contribution >= 4 is 16.9 Å². The highest BCUT2D eigenvalue weighted by Crippen LogP contribution is 2.39. The molecule has 6 heteroatoms. The first-order valence-electron chi connectivity index (χ1n) is 9.18. The first kappa shape index (κ1) is 18.4. The second-order valence-electron chi connectivity index (χ2n) is 7.13. The van der Waals surface area contributed by atoms with E-state index in [1.165, 1.54) is 11.0 Å². The van der Waals surface area contributed by atoms with Crippen molar-refractivity contribution in [2.24, 2.45) is 0 Å². The number of benzene rings is 2. The first-order chi connectivity index (χ1) is 13.4. The van der Waals surface area contributed by atoms with E-state index in [9.17, 15) is 19.1 Å². The average molecular weight is 381 g/mol. The van der Waals surface area contributed by atoms with Crippen LogP contribution in [0, 0.1) is 19.7 Å². The van der Waals surface area contributed by atoms with E-state index in [0.29, 0.717) is 17.4 Å². The van der Waals surface area contributed by atoms with Crippen molar-refractivity contribution < 1.29 is 18.7 Å². The molecule has 1 atom stereocenters. The van der Waals surface area contributed by atoms with Crippen LogP contribution in [0.1, 0.15) is 45.3 Å². The second kappa shape index (κ2) is 6.87. The molecule has 0 saturated heterocycles. The van der Waals surface area contributed by atoms with Gasteiger partial charge in [0.1, 0.15) is 11.4 Å². The fraction of sp³-hybridized carbons (Fsp3) is 0.273. The third-order valence-electron chi connectivity index (χ3n) is 5.15. The number of halogens is 1. The molecule has 5 nitrogen and oxygen atoms in total. The summed E-state index contributed by atoms with van der Waals surface area (Å²) in [5, 5.41) is 9.60. The third kappa shape index (κ3) is 2.72. The van der Waals surface area contributed by atoms with Crippen molar-refractivity contribution in [2.45, 2.75) is 26.3 Å². The van der Waals surface area contributed by atoms with E-state index >= 15 is 0 Å². The zero-order valence-electron chi connectivity index (χ0n) is 15.7. The standard InChI is InChI=1S/C22H20FNO4/c1-12-10-13(2)20-15(11-12)19(26)17-18(14-6-3-4-7-16(14)23)24(8-5-9-25)22(27)21(17)28-20/h3-4,6-7,10-11,18,25H,5,8-9H2,1-2H3. The van der Waals surface area contributed by atoms with Gasteiger partial charge in [0.25, 0.3) is 5.91 Å². The topological polar surface area (TPSA) is 70.8 Å². The number of nitrogens with zero attached hydrogens (tertiary/aromatic N) is 1. The molecule has 1 amide bonds. The molecular weight excluding hydrogens is 361 g/mol. The van der Waals surface area contributed by atoms with E-state index < -0.39 is 17.8 Å². The largest absolute Gasteiger partial charge is 0.450 e. The highest BCUT2D eigenvalue weighted by atomic mass is 19.1. The predicted molar refractivity (Wildman–Crippen MR) is 103 cm³/mol. The zero-order chi connectivity index (χ0) is 20.0. The van der Waals surface area contributed by atoms with Gasteiger partial charge in [0.05, 0.1) is 17.0 Å². The number of rotatable bonds is 4. The van der Waals surface area contributed by atoms with Crippen LogP contribution in [0.5, 0.6) is 0 Å². The molecule has 1 N–H and O–H groups in total. The Balaban J connectivity index is 2.03. The lowest BCUT2D eigenvalue weighted by molar-refractivity contribution is 0.0714. The van der Waals surface area contributed by atoms with Crippen molar-refractivity contribution in [3.05, 3.63) is 80.5 Å². The van der Waals surface area contributed by atoms with Crippen molar-refractivity contribution in [1.82, 2.24) is 4.90 Å². The summed E-state index contributed by atoms with van der Waals surface area (Å²) in [6.45, 7) is 3.77. The lowest BCUT2D eigenvalue weighted by Crippen LogP contribution is -2.31. The molecule has 2 aromatic carbocycles. The zero-order valence-corrected chi connectivity index (χ0v) is 15.7. The monoisotopic (exact) mass is 381 g/mol. The van der Waals surface area contributed by atoms with Gasteiger partial charge in [-0.05, 0) is 43.5 Å². The molecule has 144 valence electrons. The lowest BCUT2D eigenvalue weighted by atomic mass is 9.97. The summed E-state index contributed by atoms with van der Waals surface area (Å²) >= 11 is 0. The molecule has 1 aromatic heterocycles. The molecule has 1 unspecified atom stereocenters. The summed E-state index contributed by atoms with van der Waals surface area (Å²) in [5.41, 5.74) is 2.12. The molecule has 0 aliphatic carbocycles. The van der Waals surface area contributed by atoms with Crippen LogP contribution < -0.4 is 5.43 Å². The van der Waals surface area contributed by atoms with Gasteiger partial charge >= 0.3 is 0 Å². The van der Waals surface area contributed by atoms with Crippen molar-refractivity contribution in [3.8, 4) is 0 Å². The summed E-state index contributed by atoms with van der Waals surface area (Å²) in [6, 6.07) is 8.84. The number of hydrogen-bond donors (Lipinski definition) is 1. The molecular formula is C22H20FNO4. The van der Waals surface area contributed by atoms with E-state index in [-0.39, 0.29) is 35.5 Å². The highest BCUT2D eigenvalue weighted by Gasteiger charge is 2.43. The van der Waals surface area contributed by atoms with Gasteiger partial charge in [-0.25, -0.2) is 4.39 Å². The minimum Gasteiger partial charge on any atom is -0.450 e. The highest BCUT2D eigenvalue weighted by molar-refractivity contribution is 5.99. The summed E-state index contributed by atoms with van der Waals surface area (Å²) in [6.07, 6.45) is 0.316. The van der Waals surface area contributed by atoms with Crippen LogP contribution in [0.25, 0.3) is 11.0 Å². The second-order valence-corrected chi connectivity index (χ2v) is 7.13. The minimum absolute atomic E-state index is 0.0457. The van der Waals surface area contributed by atoms with E-state index in [4.69, 9.17) is 4.42 Å².